The van der Waals surface area contributed by atoms with Gasteiger partial charge in [0.1, 0.15) is 23.2 Å². The molecule has 0 amide bonds. The van der Waals surface area contributed by atoms with Crippen LogP contribution in [0.25, 0.3) is 22.3 Å². The Morgan fingerprint density at radius 3 is 2.59 bits per heavy atom. The summed E-state index contributed by atoms with van der Waals surface area (Å²) in [7, 11) is 0. The zero-order valence-corrected chi connectivity index (χ0v) is 12.7. The monoisotopic (exact) mass is 294 g/mol. The van der Waals surface area contributed by atoms with Crippen LogP contribution >= 0.6 is 0 Å². The van der Waals surface area contributed by atoms with Crippen LogP contribution < -0.4 is 4.74 Å². The van der Waals surface area contributed by atoms with E-state index in [1.165, 1.54) is 0 Å². The Labute approximate surface area is 129 Å². The molecule has 22 heavy (non-hydrogen) atoms. The standard InChI is InChI=1S/C19H18O3/c1-19(2,20)18-10-14-8-13-9-15(12-6-4-3-5-7-12)21-16(13)11-17(14)22-18/h3-9,11,18,20H,10H2,1-2H3. The van der Waals surface area contributed by atoms with Crippen molar-refractivity contribution in [1.82, 2.24) is 0 Å². The SMILES string of the molecule is CC(C)(O)C1Cc2cc3cc(-c4ccccc4)oc3cc2O1. The van der Waals surface area contributed by atoms with Crippen LogP contribution in [0.4, 0.5) is 0 Å². The predicted octanol–water partition coefficient (Wildman–Crippen LogP) is 4.17. The molecule has 1 unspecified atom stereocenters. The third kappa shape index (κ3) is 2.18. The van der Waals surface area contributed by atoms with Crippen molar-refractivity contribution in [2.75, 3.05) is 0 Å². The van der Waals surface area contributed by atoms with Gasteiger partial charge in [-0.1, -0.05) is 30.3 Å². The number of rotatable bonds is 2. The fourth-order valence-electron chi connectivity index (χ4n) is 2.92. The van der Waals surface area contributed by atoms with Crippen molar-refractivity contribution in [3.63, 3.8) is 0 Å². The summed E-state index contributed by atoms with van der Waals surface area (Å²) in [4.78, 5) is 0. The first-order chi connectivity index (χ1) is 10.5. The molecule has 1 aliphatic heterocycles. The highest BCUT2D eigenvalue weighted by Crippen LogP contribution is 2.38. The molecule has 1 atom stereocenters. The Kier molecular flexibility index (Phi) is 2.81. The summed E-state index contributed by atoms with van der Waals surface area (Å²) in [6.45, 7) is 3.56. The summed E-state index contributed by atoms with van der Waals surface area (Å²) in [6.07, 6.45) is 0.517. The van der Waals surface area contributed by atoms with Crippen molar-refractivity contribution in [1.29, 1.82) is 0 Å². The summed E-state index contributed by atoms with van der Waals surface area (Å²) in [5, 5.41) is 11.2. The molecule has 3 nitrogen and oxygen atoms in total. The fourth-order valence-corrected chi connectivity index (χ4v) is 2.92. The fraction of sp³-hybridized carbons (Fsp3) is 0.263. The zero-order chi connectivity index (χ0) is 15.3. The van der Waals surface area contributed by atoms with Crippen molar-refractivity contribution in [2.45, 2.75) is 32.0 Å². The van der Waals surface area contributed by atoms with E-state index in [1.54, 1.807) is 13.8 Å². The maximum Gasteiger partial charge on any atom is 0.138 e. The molecule has 0 aliphatic carbocycles. The number of hydrogen-bond acceptors (Lipinski definition) is 3. The number of fused-ring (bicyclic) bond motifs is 2. The van der Waals surface area contributed by atoms with Crippen LogP contribution in [-0.2, 0) is 6.42 Å². The van der Waals surface area contributed by atoms with E-state index in [0.717, 1.165) is 40.0 Å². The molecule has 0 fully saturated rings. The molecule has 3 heteroatoms. The van der Waals surface area contributed by atoms with Gasteiger partial charge in [0, 0.05) is 23.4 Å². The van der Waals surface area contributed by atoms with E-state index in [9.17, 15) is 5.11 Å². The van der Waals surface area contributed by atoms with Crippen LogP contribution in [0, 0.1) is 0 Å². The molecular weight excluding hydrogens is 276 g/mol. The molecule has 3 aromatic rings. The van der Waals surface area contributed by atoms with E-state index >= 15 is 0 Å². The predicted molar refractivity (Wildman–Crippen MR) is 86.1 cm³/mol. The van der Waals surface area contributed by atoms with E-state index in [1.807, 2.05) is 36.4 Å². The molecule has 1 N–H and O–H groups in total. The van der Waals surface area contributed by atoms with Gasteiger partial charge in [0.2, 0.25) is 0 Å². The maximum absolute atomic E-state index is 10.1. The minimum absolute atomic E-state index is 0.206. The van der Waals surface area contributed by atoms with E-state index in [-0.39, 0.29) is 6.10 Å². The minimum atomic E-state index is -0.852. The number of furan rings is 1. The summed E-state index contributed by atoms with van der Waals surface area (Å²) in [5.74, 6) is 1.67. The Morgan fingerprint density at radius 2 is 1.86 bits per heavy atom. The summed E-state index contributed by atoms with van der Waals surface area (Å²) in [5.41, 5.74) is 2.15. The third-order valence-electron chi connectivity index (χ3n) is 4.22. The number of benzene rings is 2. The van der Waals surface area contributed by atoms with Gasteiger partial charge in [-0.15, -0.1) is 0 Å². The first kappa shape index (κ1) is 13.4. The molecular formula is C19H18O3. The third-order valence-corrected chi connectivity index (χ3v) is 4.22. The lowest BCUT2D eigenvalue weighted by Gasteiger charge is -2.24. The summed E-state index contributed by atoms with van der Waals surface area (Å²) >= 11 is 0. The lowest BCUT2D eigenvalue weighted by Crippen LogP contribution is -2.39. The highest BCUT2D eigenvalue weighted by molar-refractivity contribution is 5.85. The molecule has 0 saturated heterocycles. The molecule has 2 aromatic carbocycles. The molecule has 0 bridgehead atoms. The van der Waals surface area contributed by atoms with Gasteiger partial charge in [-0.3, -0.25) is 0 Å². The number of hydrogen-bond donors (Lipinski definition) is 1. The Bertz CT molecular complexity index is 782. The average Bonchev–Trinajstić information content (AvgIpc) is 3.07. The Balaban J connectivity index is 1.74. The molecule has 2 heterocycles. The molecule has 0 radical (unpaired) electrons. The van der Waals surface area contributed by atoms with Crippen LogP contribution in [0.1, 0.15) is 19.4 Å². The Morgan fingerprint density at radius 1 is 1.09 bits per heavy atom. The summed E-state index contributed by atoms with van der Waals surface area (Å²) < 4.78 is 11.8. The van der Waals surface area contributed by atoms with Crippen LogP contribution in [-0.4, -0.2) is 16.8 Å². The zero-order valence-electron chi connectivity index (χ0n) is 12.7. The van der Waals surface area contributed by atoms with Crippen LogP contribution in [0.15, 0.2) is 52.9 Å². The molecule has 0 spiro atoms. The maximum atomic E-state index is 10.1. The highest BCUT2D eigenvalue weighted by Gasteiger charge is 2.35. The van der Waals surface area contributed by atoms with E-state index in [2.05, 4.69) is 12.1 Å². The van der Waals surface area contributed by atoms with Gasteiger partial charge >= 0.3 is 0 Å². The van der Waals surface area contributed by atoms with Gasteiger partial charge < -0.3 is 14.3 Å². The highest BCUT2D eigenvalue weighted by atomic mass is 16.5. The molecule has 1 aliphatic rings. The van der Waals surface area contributed by atoms with Gasteiger partial charge in [0.25, 0.3) is 0 Å². The minimum Gasteiger partial charge on any atom is -0.487 e. The second-order valence-electron chi connectivity index (χ2n) is 6.44. The lowest BCUT2D eigenvalue weighted by molar-refractivity contribution is -0.0229. The molecule has 1 aromatic heterocycles. The molecule has 112 valence electrons. The van der Waals surface area contributed by atoms with Gasteiger partial charge in [-0.2, -0.15) is 0 Å². The van der Waals surface area contributed by atoms with Crippen molar-refractivity contribution >= 4 is 11.0 Å². The van der Waals surface area contributed by atoms with Crippen LogP contribution in [0.5, 0.6) is 5.75 Å². The first-order valence-electron chi connectivity index (χ1n) is 7.51. The van der Waals surface area contributed by atoms with Crippen molar-refractivity contribution in [3.8, 4) is 17.1 Å². The van der Waals surface area contributed by atoms with Crippen molar-refractivity contribution < 1.29 is 14.3 Å². The van der Waals surface area contributed by atoms with E-state index in [0.29, 0.717) is 0 Å². The second kappa shape index (κ2) is 4.62. The molecule has 4 rings (SSSR count). The number of aliphatic hydroxyl groups is 1. The topological polar surface area (TPSA) is 42.6 Å². The summed E-state index contributed by atoms with van der Waals surface area (Å²) in [6, 6.07) is 16.2. The van der Waals surface area contributed by atoms with Gasteiger partial charge in [-0.05, 0) is 31.5 Å². The van der Waals surface area contributed by atoms with Crippen LogP contribution in [0.3, 0.4) is 0 Å². The van der Waals surface area contributed by atoms with Gasteiger partial charge in [0.05, 0.1) is 5.60 Å². The molecule has 0 saturated carbocycles. The smallest absolute Gasteiger partial charge is 0.138 e. The van der Waals surface area contributed by atoms with Crippen molar-refractivity contribution in [3.05, 3.63) is 54.1 Å². The Hall–Kier alpha value is -2.26. The lowest BCUT2D eigenvalue weighted by atomic mass is 9.97. The number of ether oxygens (including phenoxy) is 1. The van der Waals surface area contributed by atoms with Crippen molar-refractivity contribution in [2.24, 2.45) is 0 Å². The van der Waals surface area contributed by atoms with E-state index in [4.69, 9.17) is 9.15 Å². The average molecular weight is 294 g/mol. The van der Waals surface area contributed by atoms with E-state index < -0.39 is 5.60 Å². The quantitative estimate of drug-likeness (QED) is 0.771. The first-order valence-corrected chi connectivity index (χ1v) is 7.51. The van der Waals surface area contributed by atoms with Crippen LogP contribution in [0.2, 0.25) is 0 Å². The normalized spacial score (nSPS) is 17.5. The largest absolute Gasteiger partial charge is 0.487 e. The second-order valence-corrected chi connectivity index (χ2v) is 6.44. The van der Waals surface area contributed by atoms with Gasteiger partial charge in [0.15, 0.2) is 0 Å². The van der Waals surface area contributed by atoms with Gasteiger partial charge in [-0.25, -0.2) is 0 Å².